The third-order valence-corrected chi connectivity index (χ3v) is 8.49. The van der Waals surface area contributed by atoms with Crippen molar-refractivity contribution in [2.24, 2.45) is 10.8 Å². The summed E-state index contributed by atoms with van der Waals surface area (Å²) in [4.78, 5) is 13.7. The predicted octanol–water partition coefficient (Wildman–Crippen LogP) is 4.49. The van der Waals surface area contributed by atoms with Crippen LogP contribution in [0.25, 0.3) is 10.8 Å². The number of hydrogen-bond donors (Lipinski definition) is 1. The van der Waals surface area contributed by atoms with Crippen LogP contribution in [0.1, 0.15) is 40.0 Å². The van der Waals surface area contributed by atoms with Gasteiger partial charge in [0.05, 0.1) is 4.90 Å². The van der Waals surface area contributed by atoms with Gasteiger partial charge in [0.25, 0.3) is 0 Å². The van der Waals surface area contributed by atoms with Crippen LogP contribution in [0.5, 0.6) is 0 Å². The Bertz CT molecular complexity index is 1210. The number of alkyl halides is 3. The maximum Gasteiger partial charge on any atom is 0.490 e. The Hall–Kier alpha value is -2.17. The first-order valence-electron chi connectivity index (χ1n) is 11.7. The van der Waals surface area contributed by atoms with Gasteiger partial charge in [-0.2, -0.15) is 13.2 Å². The van der Waals surface area contributed by atoms with Crippen molar-refractivity contribution < 1.29 is 31.1 Å². The molecule has 1 aliphatic heterocycles. The Morgan fingerprint density at radius 1 is 1.14 bits per heavy atom. The third-order valence-electron chi connectivity index (χ3n) is 7.01. The smallest absolute Gasteiger partial charge is 0.453 e. The Kier molecular flexibility index (Phi) is 6.70. The van der Waals surface area contributed by atoms with E-state index in [9.17, 15) is 26.4 Å². The van der Waals surface area contributed by atoms with Crippen LogP contribution in [0.2, 0.25) is 0 Å². The zero-order valence-electron chi connectivity index (χ0n) is 20.1. The predicted molar refractivity (Wildman–Crippen MR) is 126 cm³/mol. The summed E-state index contributed by atoms with van der Waals surface area (Å²) in [5.41, 5.74) is 0.119. The number of hydrogen-bond acceptors (Lipinski definition) is 5. The van der Waals surface area contributed by atoms with Gasteiger partial charge >= 0.3 is 12.1 Å². The lowest BCUT2D eigenvalue weighted by Crippen LogP contribution is -2.46. The molecule has 2 aromatic rings. The molecule has 2 aromatic carbocycles. The average Bonchev–Trinajstić information content (AvgIpc) is 2.98. The van der Waals surface area contributed by atoms with E-state index in [1.165, 1.54) is 6.07 Å². The van der Waals surface area contributed by atoms with E-state index in [0.717, 1.165) is 24.6 Å². The van der Waals surface area contributed by atoms with Gasteiger partial charge in [0.2, 0.25) is 10.0 Å². The van der Waals surface area contributed by atoms with Crippen molar-refractivity contribution in [3.8, 4) is 0 Å². The van der Waals surface area contributed by atoms with Gasteiger partial charge in [0.1, 0.15) is 6.10 Å². The lowest BCUT2D eigenvalue weighted by atomic mass is 9.65. The van der Waals surface area contributed by atoms with Gasteiger partial charge in [-0.3, -0.25) is 4.90 Å². The second-order valence-electron chi connectivity index (χ2n) is 11.0. The fourth-order valence-corrected chi connectivity index (χ4v) is 7.42. The van der Waals surface area contributed by atoms with Crippen molar-refractivity contribution in [2.75, 3.05) is 19.6 Å². The molecule has 0 aromatic heterocycles. The summed E-state index contributed by atoms with van der Waals surface area (Å²) in [5, 5.41) is 1.21. The zero-order valence-corrected chi connectivity index (χ0v) is 20.9. The van der Waals surface area contributed by atoms with Crippen LogP contribution in [0.15, 0.2) is 47.4 Å². The Labute approximate surface area is 203 Å². The number of likely N-dealkylation sites (tertiary alicyclic amines) is 1. The summed E-state index contributed by atoms with van der Waals surface area (Å²) in [6, 6.07) is 11.9. The molecule has 2 aliphatic rings. The van der Waals surface area contributed by atoms with E-state index in [2.05, 4.69) is 30.4 Å². The number of fused-ring (bicyclic) bond motifs is 3. The maximum atomic E-state index is 13.1. The molecule has 0 spiro atoms. The molecule has 35 heavy (non-hydrogen) atoms. The van der Waals surface area contributed by atoms with E-state index in [-0.39, 0.29) is 28.3 Å². The first kappa shape index (κ1) is 25.9. The molecule has 3 atom stereocenters. The summed E-state index contributed by atoms with van der Waals surface area (Å²) in [6.45, 7) is 6.76. The molecule has 10 heteroatoms. The topological polar surface area (TPSA) is 75.7 Å². The number of nitrogens with one attached hydrogen (secondary N) is 1. The van der Waals surface area contributed by atoms with Crippen LogP contribution in [0, 0.1) is 10.8 Å². The molecule has 1 heterocycles. The molecule has 192 valence electrons. The summed E-state index contributed by atoms with van der Waals surface area (Å²) in [7, 11) is -4.08. The van der Waals surface area contributed by atoms with Crippen LogP contribution in [-0.4, -0.2) is 57.2 Å². The molecule has 1 N–H and O–H groups in total. The van der Waals surface area contributed by atoms with Crippen molar-refractivity contribution in [1.29, 1.82) is 0 Å². The standard InChI is InChI=1S/C25H31F3N2O4S/c1-23(2)11-18-12-24(3,15-23)16-30(18)14-19(34-22(31)25(26,27)28)13-29-35(32,33)21-10-6-8-17-7-4-5-9-20(17)21/h4-10,18-19,29H,11-16H2,1-3H3/t18-,19+,24-/m1/s1. The van der Waals surface area contributed by atoms with Gasteiger partial charge in [-0.25, -0.2) is 17.9 Å². The highest BCUT2D eigenvalue weighted by molar-refractivity contribution is 7.89. The minimum Gasteiger partial charge on any atom is -0.453 e. The first-order valence-corrected chi connectivity index (χ1v) is 13.2. The highest BCUT2D eigenvalue weighted by Crippen LogP contribution is 2.52. The van der Waals surface area contributed by atoms with Crippen LogP contribution >= 0.6 is 0 Å². The summed E-state index contributed by atoms with van der Waals surface area (Å²) in [6.07, 6.45) is -3.67. The van der Waals surface area contributed by atoms with Crippen molar-refractivity contribution in [1.82, 2.24) is 9.62 Å². The van der Waals surface area contributed by atoms with Gasteiger partial charge in [0, 0.05) is 31.1 Å². The molecular weight excluding hydrogens is 481 g/mol. The first-order chi connectivity index (χ1) is 16.2. The van der Waals surface area contributed by atoms with Crippen molar-refractivity contribution in [3.63, 3.8) is 0 Å². The normalized spacial score (nSPS) is 25.5. The molecule has 4 rings (SSSR count). The lowest BCUT2D eigenvalue weighted by molar-refractivity contribution is -0.205. The summed E-state index contributed by atoms with van der Waals surface area (Å²) < 4.78 is 72.3. The van der Waals surface area contributed by atoms with E-state index >= 15 is 0 Å². The highest BCUT2D eigenvalue weighted by Gasteiger charge is 2.50. The second kappa shape index (κ2) is 9.05. The molecule has 2 fully saturated rings. The van der Waals surface area contributed by atoms with Crippen molar-refractivity contribution in [3.05, 3.63) is 42.5 Å². The fraction of sp³-hybridized carbons (Fsp3) is 0.560. The van der Waals surface area contributed by atoms with Gasteiger partial charge in [0.15, 0.2) is 0 Å². The van der Waals surface area contributed by atoms with E-state index in [1.54, 1.807) is 36.4 Å². The lowest BCUT2D eigenvalue weighted by Gasteiger charge is -2.40. The van der Waals surface area contributed by atoms with E-state index < -0.39 is 34.8 Å². The van der Waals surface area contributed by atoms with Gasteiger partial charge in [-0.05, 0) is 41.5 Å². The fourth-order valence-electron chi connectivity index (χ4n) is 6.12. The second-order valence-corrected chi connectivity index (χ2v) is 12.7. The van der Waals surface area contributed by atoms with Crippen molar-refractivity contribution >= 4 is 26.8 Å². The monoisotopic (exact) mass is 512 g/mol. The molecule has 0 amide bonds. The molecule has 6 nitrogen and oxygen atoms in total. The molecule has 1 saturated heterocycles. The highest BCUT2D eigenvalue weighted by atomic mass is 32.2. The van der Waals surface area contributed by atoms with Crippen LogP contribution in [0.4, 0.5) is 13.2 Å². The molecule has 0 radical (unpaired) electrons. The zero-order chi connectivity index (χ0) is 25.6. The summed E-state index contributed by atoms with van der Waals surface area (Å²) in [5.74, 6) is -2.32. The number of halogens is 3. The SMILES string of the molecule is CC1(C)C[C@@H]2C[C@@](C)(CN2C[C@H](CNS(=O)(=O)c2cccc3ccccc23)OC(=O)C(F)(F)F)C1. The number of nitrogens with zero attached hydrogens (tertiary/aromatic N) is 1. The molecule has 1 aliphatic carbocycles. The Morgan fingerprint density at radius 3 is 2.54 bits per heavy atom. The van der Waals surface area contributed by atoms with Gasteiger partial charge in [-0.15, -0.1) is 0 Å². The van der Waals surface area contributed by atoms with Gasteiger partial charge in [-0.1, -0.05) is 57.2 Å². The molecule has 2 bridgehead atoms. The molecular formula is C25H31F3N2O4S. The number of benzene rings is 2. The molecule has 1 saturated carbocycles. The number of esters is 1. The minimum absolute atomic E-state index is 0.0165. The van der Waals surface area contributed by atoms with Gasteiger partial charge < -0.3 is 4.74 Å². The van der Waals surface area contributed by atoms with Crippen molar-refractivity contribution in [2.45, 2.75) is 63.3 Å². The van der Waals surface area contributed by atoms with Crippen LogP contribution < -0.4 is 4.72 Å². The Morgan fingerprint density at radius 2 is 1.83 bits per heavy atom. The van der Waals surface area contributed by atoms with E-state index in [0.29, 0.717) is 11.9 Å². The Balaban J connectivity index is 1.54. The molecule has 0 unspecified atom stereocenters. The third kappa shape index (κ3) is 5.81. The largest absolute Gasteiger partial charge is 0.490 e. The number of rotatable bonds is 7. The summed E-state index contributed by atoms with van der Waals surface area (Å²) >= 11 is 0. The number of ether oxygens (including phenoxy) is 1. The van der Waals surface area contributed by atoms with Crippen LogP contribution in [-0.2, 0) is 19.6 Å². The van der Waals surface area contributed by atoms with E-state index in [1.807, 2.05) is 0 Å². The quantitative estimate of drug-likeness (QED) is 0.554. The number of carbonyl (C=O) groups is 1. The minimum atomic E-state index is -5.17. The average molecular weight is 513 g/mol. The van der Waals surface area contributed by atoms with E-state index in [4.69, 9.17) is 4.74 Å². The number of carbonyl (C=O) groups excluding carboxylic acids is 1. The van der Waals surface area contributed by atoms with Crippen LogP contribution in [0.3, 0.4) is 0 Å². The maximum absolute atomic E-state index is 13.1. The number of sulfonamides is 1.